The van der Waals surface area contributed by atoms with Crippen LogP contribution in [-0.4, -0.2) is 43.8 Å². The number of nitrogens with one attached hydrogen (secondary N) is 1. The van der Waals surface area contributed by atoms with Crippen LogP contribution in [0.4, 0.5) is 5.69 Å². The summed E-state index contributed by atoms with van der Waals surface area (Å²) < 4.78 is 30.0. The van der Waals surface area contributed by atoms with Crippen molar-refractivity contribution in [2.24, 2.45) is 0 Å². The number of carbonyl (C=O) groups is 2. The van der Waals surface area contributed by atoms with Crippen LogP contribution in [0.25, 0.3) is 0 Å². The number of rotatable bonds is 12. The van der Waals surface area contributed by atoms with Crippen LogP contribution < -0.4 is 9.62 Å². The van der Waals surface area contributed by atoms with Crippen LogP contribution in [0.2, 0.25) is 10.0 Å². The molecule has 1 fully saturated rings. The molecule has 258 valence electrons. The summed E-state index contributed by atoms with van der Waals surface area (Å²) in [5.74, 6) is -0.862. The molecule has 4 aromatic carbocycles. The number of aryl methyl sites for hydroxylation is 2. The normalized spacial score (nSPS) is 14.2. The highest BCUT2D eigenvalue weighted by Gasteiger charge is 2.36. The van der Waals surface area contributed by atoms with E-state index < -0.39 is 28.5 Å². The van der Waals surface area contributed by atoms with E-state index in [-0.39, 0.29) is 29.8 Å². The number of anilines is 1. The quantitative estimate of drug-likeness (QED) is 0.160. The standard InChI is InChI=1S/C39H43Cl2N3O4S/c1-27-20-22-32(23-21-27)49(47,48)44(36-19-10-12-28(2)29(36)3)26-38(45)43(25-33-34(40)17-11-18-35(33)41)37(24-30-13-6-4-7-14-30)39(46)42-31-15-8-5-9-16-31/h4,6-7,10-14,17-23,31,37H,5,8-9,15-16,24-26H2,1-3H3,(H,42,46)/t37-/m1/s1. The fourth-order valence-corrected chi connectivity index (χ4v) is 8.30. The second-order valence-electron chi connectivity index (χ2n) is 12.8. The first-order valence-corrected chi connectivity index (χ1v) is 18.9. The molecule has 0 saturated heterocycles. The SMILES string of the molecule is Cc1ccc(S(=O)(=O)N(CC(=O)N(Cc2c(Cl)cccc2Cl)[C@H](Cc2ccccc2)C(=O)NC2CCCCC2)c2cccc(C)c2C)cc1. The molecule has 4 aromatic rings. The van der Waals surface area contributed by atoms with E-state index in [4.69, 9.17) is 23.2 Å². The average Bonchev–Trinajstić information content (AvgIpc) is 3.08. The maximum atomic E-state index is 14.9. The lowest BCUT2D eigenvalue weighted by molar-refractivity contribution is -0.140. The maximum Gasteiger partial charge on any atom is 0.264 e. The van der Waals surface area contributed by atoms with Gasteiger partial charge in [-0.25, -0.2) is 8.42 Å². The number of halogens is 2. The molecular weight excluding hydrogens is 677 g/mol. The second-order valence-corrected chi connectivity index (χ2v) is 15.5. The molecule has 0 radical (unpaired) electrons. The lowest BCUT2D eigenvalue weighted by Gasteiger charge is -2.35. The van der Waals surface area contributed by atoms with Gasteiger partial charge in [-0.1, -0.05) is 109 Å². The molecule has 1 aliphatic carbocycles. The first-order chi connectivity index (χ1) is 23.5. The molecule has 0 unspecified atom stereocenters. The molecular formula is C39H43Cl2N3O4S. The van der Waals surface area contributed by atoms with Crippen molar-refractivity contribution in [2.45, 2.75) is 82.8 Å². The number of benzene rings is 4. The van der Waals surface area contributed by atoms with E-state index >= 15 is 0 Å². The van der Waals surface area contributed by atoms with Crippen molar-refractivity contribution in [2.75, 3.05) is 10.8 Å². The zero-order chi connectivity index (χ0) is 35.1. The average molecular weight is 721 g/mol. The van der Waals surface area contributed by atoms with Crippen LogP contribution in [0.3, 0.4) is 0 Å². The van der Waals surface area contributed by atoms with Crippen LogP contribution in [0.1, 0.15) is 59.9 Å². The number of hydrogen-bond acceptors (Lipinski definition) is 4. The molecule has 0 aromatic heterocycles. The molecule has 2 amide bonds. The van der Waals surface area contributed by atoms with Gasteiger partial charge < -0.3 is 10.2 Å². The summed E-state index contributed by atoms with van der Waals surface area (Å²) in [7, 11) is -4.22. The van der Waals surface area contributed by atoms with Gasteiger partial charge in [-0.05, 0) is 80.6 Å². The molecule has 1 atom stereocenters. The smallest absolute Gasteiger partial charge is 0.264 e. The number of hydrogen-bond donors (Lipinski definition) is 1. The third-order valence-corrected chi connectivity index (χ3v) is 11.8. The maximum absolute atomic E-state index is 14.9. The van der Waals surface area contributed by atoms with E-state index in [1.807, 2.05) is 57.2 Å². The number of nitrogens with zero attached hydrogens (tertiary/aromatic N) is 2. The highest BCUT2D eigenvalue weighted by molar-refractivity contribution is 7.92. The van der Waals surface area contributed by atoms with Gasteiger partial charge in [-0.3, -0.25) is 13.9 Å². The first kappa shape index (κ1) is 36.4. The molecule has 1 aliphatic rings. The van der Waals surface area contributed by atoms with Crippen molar-refractivity contribution in [1.29, 1.82) is 0 Å². The number of carbonyl (C=O) groups excluding carboxylic acids is 2. The van der Waals surface area contributed by atoms with Gasteiger partial charge in [0.1, 0.15) is 12.6 Å². The monoisotopic (exact) mass is 719 g/mol. The lowest BCUT2D eigenvalue weighted by Crippen LogP contribution is -2.55. The van der Waals surface area contributed by atoms with E-state index in [0.717, 1.165) is 58.7 Å². The van der Waals surface area contributed by atoms with Gasteiger partial charge in [0, 0.05) is 34.6 Å². The van der Waals surface area contributed by atoms with Gasteiger partial charge in [-0.15, -0.1) is 0 Å². The minimum absolute atomic E-state index is 0.00580. The second kappa shape index (κ2) is 16.2. The Morgan fingerprint density at radius 1 is 0.816 bits per heavy atom. The molecule has 0 spiro atoms. The highest BCUT2D eigenvalue weighted by Crippen LogP contribution is 2.31. The predicted octanol–water partition coefficient (Wildman–Crippen LogP) is 8.20. The molecule has 1 saturated carbocycles. The highest BCUT2D eigenvalue weighted by atomic mass is 35.5. The molecule has 5 rings (SSSR count). The summed E-state index contributed by atoms with van der Waals surface area (Å²) in [5, 5.41) is 3.91. The molecule has 1 N–H and O–H groups in total. The van der Waals surface area contributed by atoms with Crippen LogP contribution in [0, 0.1) is 20.8 Å². The Morgan fingerprint density at radius 3 is 2.10 bits per heavy atom. The third kappa shape index (κ3) is 8.85. The fourth-order valence-electron chi connectivity index (χ4n) is 6.31. The third-order valence-electron chi connectivity index (χ3n) is 9.35. The van der Waals surface area contributed by atoms with E-state index in [9.17, 15) is 18.0 Å². The van der Waals surface area contributed by atoms with E-state index in [0.29, 0.717) is 21.3 Å². The van der Waals surface area contributed by atoms with Gasteiger partial charge in [0.25, 0.3) is 10.0 Å². The summed E-state index contributed by atoms with van der Waals surface area (Å²) in [6, 6.07) is 25.5. The first-order valence-electron chi connectivity index (χ1n) is 16.7. The number of sulfonamides is 1. The lowest BCUT2D eigenvalue weighted by atomic mass is 9.94. The zero-order valence-corrected chi connectivity index (χ0v) is 30.5. The molecule has 0 bridgehead atoms. The molecule has 0 aliphatic heterocycles. The van der Waals surface area contributed by atoms with Gasteiger partial charge in [0.15, 0.2) is 0 Å². The van der Waals surface area contributed by atoms with Crippen LogP contribution in [0.15, 0.2) is 95.9 Å². The van der Waals surface area contributed by atoms with E-state index in [1.54, 1.807) is 54.6 Å². The van der Waals surface area contributed by atoms with E-state index in [2.05, 4.69) is 5.32 Å². The Hall–Kier alpha value is -3.85. The Labute approximate surface area is 300 Å². The minimum Gasteiger partial charge on any atom is -0.352 e. The topological polar surface area (TPSA) is 86.8 Å². The summed E-state index contributed by atoms with van der Waals surface area (Å²) >= 11 is 13.3. The fraction of sp³-hybridized carbons (Fsp3) is 0.333. The Bertz CT molecular complexity index is 1860. The Morgan fingerprint density at radius 2 is 1.45 bits per heavy atom. The largest absolute Gasteiger partial charge is 0.352 e. The summed E-state index contributed by atoms with van der Waals surface area (Å²) in [6.45, 7) is 4.96. The summed E-state index contributed by atoms with van der Waals surface area (Å²) in [5.41, 5.74) is 4.22. The van der Waals surface area contributed by atoms with E-state index in [1.165, 1.54) is 4.90 Å². The van der Waals surface area contributed by atoms with Crippen LogP contribution in [-0.2, 0) is 32.6 Å². The summed E-state index contributed by atoms with van der Waals surface area (Å²) in [4.78, 5) is 30.7. The predicted molar refractivity (Wildman–Crippen MR) is 198 cm³/mol. The van der Waals surface area contributed by atoms with Gasteiger partial charge in [0.2, 0.25) is 11.8 Å². The van der Waals surface area contributed by atoms with Crippen molar-refractivity contribution < 1.29 is 18.0 Å². The Balaban J connectivity index is 1.61. The minimum atomic E-state index is -4.22. The number of amides is 2. The van der Waals surface area contributed by atoms with Gasteiger partial charge in [-0.2, -0.15) is 0 Å². The van der Waals surface area contributed by atoms with Crippen LogP contribution in [0.5, 0.6) is 0 Å². The van der Waals surface area contributed by atoms with Gasteiger partial charge in [0.05, 0.1) is 10.6 Å². The van der Waals surface area contributed by atoms with Crippen molar-refractivity contribution in [1.82, 2.24) is 10.2 Å². The molecule has 49 heavy (non-hydrogen) atoms. The van der Waals surface area contributed by atoms with Crippen molar-refractivity contribution in [3.8, 4) is 0 Å². The molecule has 7 nitrogen and oxygen atoms in total. The van der Waals surface area contributed by atoms with Crippen molar-refractivity contribution >= 4 is 50.7 Å². The van der Waals surface area contributed by atoms with Crippen molar-refractivity contribution in [3.63, 3.8) is 0 Å². The van der Waals surface area contributed by atoms with Gasteiger partial charge >= 0.3 is 0 Å². The van der Waals surface area contributed by atoms with Crippen molar-refractivity contribution in [3.05, 3.63) is 129 Å². The molecule has 10 heteroatoms. The zero-order valence-electron chi connectivity index (χ0n) is 28.2. The summed E-state index contributed by atoms with van der Waals surface area (Å²) in [6.07, 6.45) is 5.11. The Kier molecular flexibility index (Phi) is 12.1. The van der Waals surface area contributed by atoms with Crippen LogP contribution >= 0.6 is 23.2 Å². The molecule has 0 heterocycles.